The number of hydrogen-bond donors (Lipinski definition) is 1. The molecule has 1 fully saturated rings. The van der Waals surface area contributed by atoms with Gasteiger partial charge in [-0.2, -0.15) is 0 Å². The number of rotatable bonds is 8. The van der Waals surface area contributed by atoms with Crippen LogP contribution in [-0.4, -0.2) is 53.8 Å². The van der Waals surface area contributed by atoms with Crippen molar-refractivity contribution in [2.24, 2.45) is 0 Å². The SMILES string of the molecule is COc1ccc(OC)c(S(=O)(=O)NCc2cccc(CN3CCOCC3)c2)c1. The van der Waals surface area contributed by atoms with Crippen LogP contribution in [0.5, 0.6) is 11.5 Å². The van der Waals surface area contributed by atoms with E-state index in [0.717, 1.165) is 44.0 Å². The first-order chi connectivity index (χ1) is 13.5. The fraction of sp³-hybridized carbons (Fsp3) is 0.400. The van der Waals surface area contributed by atoms with Crippen molar-refractivity contribution in [1.29, 1.82) is 0 Å². The molecular formula is C20H26N2O5S. The Morgan fingerprint density at radius 2 is 1.79 bits per heavy atom. The van der Waals surface area contributed by atoms with Crippen molar-refractivity contribution in [3.8, 4) is 11.5 Å². The second kappa shape index (κ2) is 9.38. The molecule has 7 nitrogen and oxygen atoms in total. The van der Waals surface area contributed by atoms with Gasteiger partial charge in [-0.1, -0.05) is 24.3 Å². The minimum absolute atomic E-state index is 0.0545. The van der Waals surface area contributed by atoms with Crippen molar-refractivity contribution in [2.75, 3.05) is 40.5 Å². The van der Waals surface area contributed by atoms with Gasteiger partial charge in [-0.15, -0.1) is 0 Å². The Morgan fingerprint density at radius 1 is 1.04 bits per heavy atom. The standard InChI is InChI=1S/C20H26N2O5S/c1-25-18-6-7-19(26-2)20(13-18)28(23,24)21-14-16-4-3-5-17(12-16)15-22-8-10-27-11-9-22/h3-7,12-13,21H,8-11,14-15H2,1-2H3. The fourth-order valence-corrected chi connectivity index (χ4v) is 4.31. The summed E-state index contributed by atoms with van der Waals surface area (Å²) < 4.78 is 43.9. The van der Waals surface area contributed by atoms with Crippen molar-refractivity contribution < 1.29 is 22.6 Å². The van der Waals surface area contributed by atoms with E-state index in [2.05, 4.69) is 15.7 Å². The zero-order valence-corrected chi connectivity index (χ0v) is 17.0. The van der Waals surface area contributed by atoms with Crippen molar-refractivity contribution in [3.05, 3.63) is 53.6 Å². The lowest BCUT2D eigenvalue weighted by molar-refractivity contribution is 0.0342. The predicted molar refractivity (Wildman–Crippen MR) is 106 cm³/mol. The summed E-state index contributed by atoms with van der Waals surface area (Å²) in [5, 5.41) is 0. The number of sulfonamides is 1. The van der Waals surface area contributed by atoms with Crippen LogP contribution < -0.4 is 14.2 Å². The molecule has 1 heterocycles. The predicted octanol–water partition coefficient (Wildman–Crippen LogP) is 2.01. The lowest BCUT2D eigenvalue weighted by Crippen LogP contribution is -2.35. The normalized spacial score (nSPS) is 15.4. The molecule has 2 aromatic carbocycles. The molecule has 2 aromatic rings. The van der Waals surface area contributed by atoms with E-state index in [1.54, 1.807) is 12.1 Å². The molecule has 8 heteroatoms. The smallest absolute Gasteiger partial charge is 0.244 e. The highest BCUT2D eigenvalue weighted by molar-refractivity contribution is 7.89. The van der Waals surface area contributed by atoms with Crippen LogP contribution in [-0.2, 0) is 27.8 Å². The zero-order chi connectivity index (χ0) is 20.0. The summed E-state index contributed by atoms with van der Waals surface area (Å²) in [6.45, 7) is 4.34. The molecular weight excluding hydrogens is 380 g/mol. The monoisotopic (exact) mass is 406 g/mol. The molecule has 0 aromatic heterocycles. The van der Waals surface area contributed by atoms with Crippen LogP contribution in [0.3, 0.4) is 0 Å². The first-order valence-corrected chi connectivity index (χ1v) is 10.6. The molecule has 0 amide bonds. The van der Waals surface area contributed by atoms with Gasteiger partial charge in [-0.05, 0) is 23.3 Å². The number of methoxy groups -OCH3 is 2. The van der Waals surface area contributed by atoms with Crippen LogP contribution in [0.4, 0.5) is 0 Å². The molecule has 3 rings (SSSR count). The quantitative estimate of drug-likeness (QED) is 0.723. The van der Waals surface area contributed by atoms with E-state index in [-0.39, 0.29) is 17.2 Å². The van der Waals surface area contributed by atoms with Gasteiger partial charge < -0.3 is 14.2 Å². The largest absolute Gasteiger partial charge is 0.497 e. The number of nitrogens with zero attached hydrogens (tertiary/aromatic N) is 1. The van der Waals surface area contributed by atoms with Gasteiger partial charge in [-0.3, -0.25) is 4.90 Å². The first-order valence-electron chi connectivity index (χ1n) is 9.11. The summed E-state index contributed by atoms with van der Waals surface area (Å²) in [5.41, 5.74) is 2.05. The molecule has 1 aliphatic rings. The summed E-state index contributed by atoms with van der Waals surface area (Å²) in [6, 6.07) is 12.6. The van der Waals surface area contributed by atoms with Crippen molar-refractivity contribution in [3.63, 3.8) is 0 Å². The minimum atomic E-state index is -3.76. The summed E-state index contributed by atoms with van der Waals surface area (Å²) in [5.74, 6) is 0.725. The van der Waals surface area contributed by atoms with Crippen LogP contribution in [0.1, 0.15) is 11.1 Å². The molecule has 0 radical (unpaired) electrons. The highest BCUT2D eigenvalue weighted by Crippen LogP contribution is 2.28. The molecule has 1 saturated heterocycles. The third-order valence-electron chi connectivity index (χ3n) is 4.63. The molecule has 1 aliphatic heterocycles. The number of benzene rings is 2. The van der Waals surface area contributed by atoms with E-state index >= 15 is 0 Å². The van der Waals surface area contributed by atoms with Gasteiger partial charge in [0.15, 0.2) is 0 Å². The Bertz CT molecular complexity index is 895. The molecule has 1 N–H and O–H groups in total. The summed E-state index contributed by atoms with van der Waals surface area (Å²) in [6.07, 6.45) is 0. The van der Waals surface area contributed by atoms with Crippen molar-refractivity contribution in [1.82, 2.24) is 9.62 Å². The highest BCUT2D eigenvalue weighted by Gasteiger charge is 2.20. The van der Waals surface area contributed by atoms with Gasteiger partial charge >= 0.3 is 0 Å². The summed E-state index contributed by atoms with van der Waals surface area (Å²) in [7, 11) is -0.824. The van der Waals surface area contributed by atoms with E-state index in [9.17, 15) is 8.42 Å². The molecule has 0 atom stereocenters. The molecule has 0 bridgehead atoms. The van der Waals surface area contributed by atoms with Gasteiger partial charge in [0.25, 0.3) is 0 Å². The van der Waals surface area contributed by atoms with Crippen LogP contribution in [0.25, 0.3) is 0 Å². The highest BCUT2D eigenvalue weighted by atomic mass is 32.2. The van der Waals surface area contributed by atoms with Gasteiger partial charge in [0.2, 0.25) is 10.0 Å². The maximum absolute atomic E-state index is 12.8. The van der Waals surface area contributed by atoms with E-state index in [0.29, 0.717) is 5.75 Å². The van der Waals surface area contributed by atoms with Crippen LogP contribution >= 0.6 is 0 Å². The third kappa shape index (κ3) is 5.23. The second-order valence-electron chi connectivity index (χ2n) is 6.55. The Hall–Kier alpha value is -2.13. The number of nitrogens with one attached hydrogen (secondary N) is 1. The number of hydrogen-bond acceptors (Lipinski definition) is 6. The Morgan fingerprint density at radius 3 is 2.50 bits per heavy atom. The second-order valence-corrected chi connectivity index (χ2v) is 8.29. The topological polar surface area (TPSA) is 77.1 Å². The summed E-state index contributed by atoms with van der Waals surface area (Å²) in [4.78, 5) is 2.38. The first kappa shape index (κ1) is 20.6. The number of ether oxygens (including phenoxy) is 3. The Kier molecular flexibility index (Phi) is 6.90. The summed E-state index contributed by atoms with van der Waals surface area (Å²) >= 11 is 0. The average molecular weight is 407 g/mol. The van der Waals surface area contributed by atoms with E-state index in [1.165, 1.54) is 20.3 Å². The van der Waals surface area contributed by atoms with Crippen LogP contribution in [0, 0.1) is 0 Å². The van der Waals surface area contributed by atoms with Crippen LogP contribution in [0.15, 0.2) is 47.4 Å². The Balaban J connectivity index is 1.70. The third-order valence-corrected chi connectivity index (χ3v) is 6.05. The molecule has 152 valence electrons. The maximum Gasteiger partial charge on any atom is 0.244 e. The van der Waals surface area contributed by atoms with Crippen molar-refractivity contribution >= 4 is 10.0 Å². The maximum atomic E-state index is 12.8. The van der Waals surface area contributed by atoms with E-state index in [4.69, 9.17) is 14.2 Å². The molecule has 0 spiro atoms. The Labute approximate surface area is 166 Å². The minimum Gasteiger partial charge on any atom is -0.497 e. The lowest BCUT2D eigenvalue weighted by atomic mass is 10.1. The van der Waals surface area contributed by atoms with Gasteiger partial charge in [0, 0.05) is 32.2 Å². The molecule has 0 aliphatic carbocycles. The van der Waals surface area contributed by atoms with Crippen LogP contribution in [0.2, 0.25) is 0 Å². The molecule has 0 saturated carbocycles. The zero-order valence-electron chi connectivity index (χ0n) is 16.2. The van der Waals surface area contributed by atoms with Gasteiger partial charge in [0.05, 0.1) is 27.4 Å². The molecule has 28 heavy (non-hydrogen) atoms. The van der Waals surface area contributed by atoms with Crippen molar-refractivity contribution in [2.45, 2.75) is 18.0 Å². The van der Waals surface area contributed by atoms with Gasteiger partial charge in [0.1, 0.15) is 16.4 Å². The average Bonchev–Trinajstić information content (AvgIpc) is 2.73. The lowest BCUT2D eigenvalue weighted by Gasteiger charge is -2.26. The number of morpholine rings is 1. The van der Waals surface area contributed by atoms with E-state index in [1.807, 2.05) is 18.2 Å². The van der Waals surface area contributed by atoms with Gasteiger partial charge in [-0.25, -0.2) is 13.1 Å². The van der Waals surface area contributed by atoms with E-state index < -0.39 is 10.0 Å². The fourth-order valence-electron chi connectivity index (χ4n) is 3.11. The molecule has 0 unspecified atom stereocenters.